The van der Waals surface area contributed by atoms with Crippen molar-refractivity contribution in [3.63, 3.8) is 0 Å². The minimum Gasteiger partial charge on any atom is -0.341 e. The lowest BCUT2D eigenvalue weighted by Gasteiger charge is -2.36. The Morgan fingerprint density at radius 1 is 1.16 bits per heavy atom. The van der Waals surface area contributed by atoms with Crippen LogP contribution in [-0.4, -0.2) is 65.1 Å². The molecule has 0 saturated carbocycles. The highest BCUT2D eigenvalue weighted by Gasteiger charge is 2.45. The molecule has 2 amide bonds. The molecule has 2 N–H and O–H groups in total. The van der Waals surface area contributed by atoms with Crippen molar-refractivity contribution < 1.29 is 14.0 Å². The SMILES string of the molecule is Cc1nc(C(=O)N2CC3CN(C4CC(=O)NC(C)N4)CC3C2)c(-c2ccc(F)cc2)s1. The Labute approximate surface area is 184 Å². The molecule has 3 fully saturated rings. The molecule has 7 nitrogen and oxygen atoms in total. The molecular formula is C22H26FN5O2S. The van der Waals surface area contributed by atoms with Gasteiger partial charge in [0.05, 0.1) is 28.6 Å². The van der Waals surface area contributed by atoms with Crippen LogP contribution in [0.15, 0.2) is 24.3 Å². The number of likely N-dealkylation sites (tertiary alicyclic amines) is 2. The van der Waals surface area contributed by atoms with Crippen LogP contribution in [0, 0.1) is 24.6 Å². The molecule has 0 aliphatic carbocycles. The van der Waals surface area contributed by atoms with E-state index in [1.54, 1.807) is 12.1 Å². The first-order chi connectivity index (χ1) is 14.9. The van der Waals surface area contributed by atoms with E-state index in [2.05, 4.69) is 20.5 Å². The first-order valence-electron chi connectivity index (χ1n) is 10.7. The molecule has 4 atom stereocenters. The van der Waals surface area contributed by atoms with Crippen molar-refractivity contribution in [2.24, 2.45) is 11.8 Å². The number of aryl methyl sites for hydroxylation is 1. The van der Waals surface area contributed by atoms with Gasteiger partial charge in [0.15, 0.2) is 0 Å². The largest absolute Gasteiger partial charge is 0.341 e. The van der Waals surface area contributed by atoms with E-state index in [-0.39, 0.29) is 30.0 Å². The maximum atomic E-state index is 13.3. The minimum absolute atomic E-state index is 0.0254. The molecule has 2 aromatic rings. The Morgan fingerprint density at radius 3 is 2.48 bits per heavy atom. The zero-order valence-corrected chi connectivity index (χ0v) is 18.4. The van der Waals surface area contributed by atoms with Crippen LogP contribution < -0.4 is 10.6 Å². The van der Waals surface area contributed by atoms with Gasteiger partial charge in [0, 0.05) is 26.2 Å². The number of rotatable bonds is 3. The van der Waals surface area contributed by atoms with Gasteiger partial charge in [-0.3, -0.25) is 19.8 Å². The number of hydrogen-bond acceptors (Lipinski definition) is 6. The summed E-state index contributed by atoms with van der Waals surface area (Å²) < 4.78 is 13.3. The molecule has 1 aromatic carbocycles. The number of benzene rings is 1. The fourth-order valence-corrected chi connectivity index (χ4v) is 5.98. The third kappa shape index (κ3) is 3.97. The number of nitrogens with zero attached hydrogens (tertiary/aromatic N) is 3. The average molecular weight is 444 g/mol. The van der Waals surface area contributed by atoms with Gasteiger partial charge in [0.2, 0.25) is 5.91 Å². The quantitative estimate of drug-likeness (QED) is 0.759. The summed E-state index contributed by atoms with van der Waals surface area (Å²) in [5, 5.41) is 7.16. The lowest BCUT2D eigenvalue weighted by atomic mass is 10.0. The predicted molar refractivity (Wildman–Crippen MR) is 116 cm³/mol. The molecule has 4 heterocycles. The van der Waals surface area contributed by atoms with E-state index in [1.165, 1.54) is 23.5 Å². The number of carbonyl (C=O) groups excluding carboxylic acids is 2. The molecular weight excluding hydrogens is 417 g/mol. The number of thiazole rings is 1. The normalized spacial score (nSPS) is 28.6. The van der Waals surface area contributed by atoms with Gasteiger partial charge in [-0.2, -0.15) is 0 Å². The summed E-state index contributed by atoms with van der Waals surface area (Å²) in [4.78, 5) is 34.8. The molecule has 3 saturated heterocycles. The smallest absolute Gasteiger partial charge is 0.274 e. The Kier molecular flexibility index (Phi) is 5.27. The summed E-state index contributed by atoms with van der Waals surface area (Å²) in [7, 11) is 0. The maximum absolute atomic E-state index is 13.3. The number of amides is 2. The van der Waals surface area contributed by atoms with E-state index in [4.69, 9.17) is 0 Å². The van der Waals surface area contributed by atoms with Crippen molar-refractivity contribution in [1.82, 2.24) is 25.4 Å². The van der Waals surface area contributed by atoms with Gasteiger partial charge in [-0.15, -0.1) is 11.3 Å². The van der Waals surface area contributed by atoms with Crippen molar-refractivity contribution in [1.29, 1.82) is 0 Å². The van der Waals surface area contributed by atoms with Gasteiger partial charge in [0.1, 0.15) is 11.5 Å². The van der Waals surface area contributed by atoms with E-state index < -0.39 is 0 Å². The molecule has 4 unspecified atom stereocenters. The zero-order chi connectivity index (χ0) is 21.7. The van der Waals surface area contributed by atoms with Crippen molar-refractivity contribution >= 4 is 23.2 Å². The molecule has 31 heavy (non-hydrogen) atoms. The van der Waals surface area contributed by atoms with Gasteiger partial charge >= 0.3 is 0 Å². The highest BCUT2D eigenvalue weighted by molar-refractivity contribution is 7.15. The van der Waals surface area contributed by atoms with Gasteiger partial charge < -0.3 is 10.2 Å². The van der Waals surface area contributed by atoms with Crippen LogP contribution in [0.25, 0.3) is 10.4 Å². The predicted octanol–water partition coefficient (Wildman–Crippen LogP) is 2.04. The van der Waals surface area contributed by atoms with E-state index in [0.717, 1.165) is 28.5 Å². The lowest BCUT2D eigenvalue weighted by molar-refractivity contribution is -0.126. The van der Waals surface area contributed by atoms with Gasteiger partial charge in [-0.05, 0) is 43.4 Å². The van der Waals surface area contributed by atoms with Crippen molar-refractivity contribution in [3.05, 3.63) is 40.8 Å². The van der Waals surface area contributed by atoms with E-state index in [0.29, 0.717) is 37.0 Å². The second-order valence-corrected chi connectivity index (χ2v) is 9.98. The minimum atomic E-state index is -0.297. The number of hydrogen-bond donors (Lipinski definition) is 2. The Morgan fingerprint density at radius 2 is 1.84 bits per heavy atom. The molecule has 0 bridgehead atoms. The van der Waals surface area contributed by atoms with Gasteiger partial charge in [-0.25, -0.2) is 9.37 Å². The number of fused-ring (bicyclic) bond motifs is 1. The van der Waals surface area contributed by atoms with Crippen LogP contribution in [0.4, 0.5) is 4.39 Å². The standard InChI is InChI=1S/C22H26FN5O2S/c1-12-24-18(7-19(29)25-12)27-8-15-10-28(11-16(15)9-27)22(30)20-21(31-13(2)26-20)14-3-5-17(23)6-4-14/h3-6,12,15-16,18,24H,7-11H2,1-2H3,(H,25,29). The first-order valence-corrected chi connectivity index (χ1v) is 11.5. The summed E-state index contributed by atoms with van der Waals surface area (Å²) in [6.45, 7) is 7.01. The lowest BCUT2D eigenvalue weighted by Crippen LogP contribution is -2.60. The Bertz CT molecular complexity index is 996. The van der Waals surface area contributed by atoms with Gasteiger partial charge in [-0.1, -0.05) is 12.1 Å². The molecule has 164 valence electrons. The fourth-order valence-electron chi connectivity index (χ4n) is 5.07. The monoisotopic (exact) mass is 443 g/mol. The van der Waals surface area contributed by atoms with Crippen LogP contribution in [0.5, 0.6) is 0 Å². The number of carbonyl (C=O) groups is 2. The molecule has 3 aliphatic rings. The summed E-state index contributed by atoms with van der Waals surface area (Å²) in [6.07, 6.45) is 0.498. The third-order valence-electron chi connectivity index (χ3n) is 6.48. The fraction of sp³-hybridized carbons (Fsp3) is 0.500. The summed E-state index contributed by atoms with van der Waals surface area (Å²) in [5.41, 5.74) is 1.28. The van der Waals surface area contributed by atoms with Crippen molar-refractivity contribution in [2.45, 2.75) is 32.6 Å². The second kappa shape index (κ2) is 7.96. The Hall–Kier alpha value is -2.36. The van der Waals surface area contributed by atoms with Crippen LogP contribution in [0.1, 0.15) is 28.8 Å². The zero-order valence-electron chi connectivity index (χ0n) is 17.6. The number of halogens is 1. The molecule has 0 spiro atoms. The first kappa shape index (κ1) is 20.5. The summed E-state index contributed by atoms with van der Waals surface area (Å²) in [5.74, 6) is 0.542. The topological polar surface area (TPSA) is 77.6 Å². The molecule has 0 radical (unpaired) electrons. The van der Waals surface area contributed by atoms with Crippen LogP contribution in [0.3, 0.4) is 0 Å². The van der Waals surface area contributed by atoms with Gasteiger partial charge in [0.25, 0.3) is 5.91 Å². The number of nitrogens with one attached hydrogen (secondary N) is 2. The van der Waals surface area contributed by atoms with E-state index in [1.807, 2.05) is 18.7 Å². The van der Waals surface area contributed by atoms with Crippen molar-refractivity contribution in [3.8, 4) is 10.4 Å². The van der Waals surface area contributed by atoms with Crippen LogP contribution >= 0.6 is 11.3 Å². The number of aromatic nitrogens is 1. The third-order valence-corrected chi connectivity index (χ3v) is 7.50. The second-order valence-electron chi connectivity index (χ2n) is 8.78. The molecule has 1 aromatic heterocycles. The van der Waals surface area contributed by atoms with E-state index >= 15 is 0 Å². The molecule has 5 rings (SSSR count). The van der Waals surface area contributed by atoms with Crippen LogP contribution in [-0.2, 0) is 4.79 Å². The summed E-state index contributed by atoms with van der Waals surface area (Å²) >= 11 is 1.47. The van der Waals surface area contributed by atoms with E-state index in [9.17, 15) is 14.0 Å². The highest BCUT2D eigenvalue weighted by Crippen LogP contribution is 2.36. The maximum Gasteiger partial charge on any atom is 0.274 e. The van der Waals surface area contributed by atoms with Crippen molar-refractivity contribution in [2.75, 3.05) is 26.2 Å². The molecule has 9 heteroatoms. The Balaban J connectivity index is 1.28. The molecule has 3 aliphatic heterocycles. The summed E-state index contributed by atoms with van der Waals surface area (Å²) in [6, 6.07) is 6.22. The highest BCUT2D eigenvalue weighted by atomic mass is 32.1. The van der Waals surface area contributed by atoms with Crippen LogP contribution in [0.2, 0.25) is 0 Å². The average Bonchev–Trinajstić information content (AvgIpc) is 3.40.